The van der Waals surface area contributed by atoms with Crippen LogP contribution in [0, 0.1) is 12.8 Å². The van der Waals surface area contributed by atoms with E-state index in [0.29, 0.717) is 30.0 Å². The molecule has 3 N–H and O–H groups in total. The van der Waals surface area contributed by atoms with Crippen molar-refractivity contribution in [3.63, 3.8) is 0 Å². The molecule has 19 heavy (non-hydrogen) atoms. The maximum absolute atomic E-state index is 12.2. The Bertz CT molecular complexity index is 487. The molecule has 1 aliphatic rings. The van der Waals surface area contributed by atoms with Crippen molar-refractivity contribution in [2.45, 2.75) is 45.1 Å². The number of nitrogens with one attached hydrogen (secondary N) is 2. The number of hydrogen-bond acceptors (Lipinski definition) is 3. The van der Waals surface area contributed by atoms with E-state index >= 15 is 0 Å². The largest absolute Gasteiger partial charge is 0.480 e. The Kier molecular flexibility index (Phi) is 3.59. The van der Waals surface area contributed by atoms with Crippen LogP contribution in [0.25, 0.3) is 0 Å². The van der Waals surface area contributed by atoms with E-state index in [1.54, 1.807) is 6.92 Å². The fourth-order valence-electron chi connectivity index (χ4n) is 2.51. The van der Waals surface area contributed by atoms with Crippen LogP contribution in [-0.4, -0.2) is 32.7 Å². The van der Waals surface area contributed by atoms with E-state index in [-0.39, 0.29) is 5.91 Å². The summed E-state index contributed by atoms with van der Waals surface area (Å²) in [6, 6.07) is 0. The Morgan fingerprint density at radius 3 is 2.58 bits per heavy atom. The molecule has 1 aromatic rings. The van der Waals surface area contributed by atoms with Crippen molar-refractivity contribution in [2.24, 2.45) is 5.92 Å². The number of hydrogen-bond donors (Lipinski definition) is 3. The zero-order valence-electron chi connectivity index (χ0n) is 11.2. The summed E-state index contributed by atoms with van der Waals surface area (Å²) in [5, 5.41) is 18.6. The highest BCUT2D eigenvalue weighted by atomic mass is 16.4. The number of carboxylic acid groups (broad SMARTS) is 1. The lowest BCUT2D eigenvalue weighted by Gasteiger charge is -2.36. The third-order valence-electron chi connectivity index (χ3n) is 3.96. The summed E-state index contributed by atoms with van der Waals surface area (Å²) >= 11 is 0. The average Bonchev–Trinajstić information content (AvgIpc) is 2.78. The minimum atomic E-state index is -1.13. The summed E-state index contributed by atoms with van der Waals surface area (Å²) in [4.78, 5) is 23.7. The zero-order chi connectivity index (χ0) is 14.0. The van der Waals surface area contributed by atoms with E-state index < -0.39 is 11.5 Å². The Balaban J connectivity index is 2.16. The molecule has 6 nitrogen and oxygen atoms in total. The molecule has 0 aromatic carbocycles. The Morgan fingerprint density at radius 1 is 1.47 bits per heavy atom. The first-order valence-corrected chi connectivity index (χ1v) is 6.50. The number of carboxylic acids is 1. The second kappa shape index (κ2) is 5.03. The van der Waals surface area contributed by atoms with Gasteiger partial charge in [-0.05, 0) is 38.5 Å². The molecule has 1 amide bonds. The van der Waals surface area contributed by atoms with Gasteiger partial charge in [0.1, 0.15) is 5.54 Å². The molecule has 0 spiro atoms. The molecule has 1 aromatic heterocycles. The van der Waals surface area contributed by atoms with Gasteiger partial charge in [0.05, 0.1) is 11.8 Å². The van der Waals surface area contributed by atoms with Crippen LogP contribution in [0.3, 0.4) is 0 Å². The second-order valence-electron chi connectivity index (χ2n) is 5.43. The third kappa shape index (κ3) is 2.62. The molecule has 6 heteroatoms. The summed E-state index contributed by atoms with van der Waals surface area (Å²) in [6.07, 6.45) is 4.01. The first-order chi connectivity index (χ1) is 8.94. The number of aliphatic carboxylic acids is 1. The molecule has 0 atom stereocenters. The number of carbonyl (C=O) groups is 2. The number of aromatic nitrogens is 2. The molecular formula is C13H19N3O3. The summed E-state index contributed by atoms with van der Waals surface area (Å²) in [7, 11) is 0. The predicted octanol–water partition coefficient (Wildman–Crippen LogP) is 1.48. The van der Waals surface area contributed by atoms with Crippen LogP contribution < -0.4 is 5.32 Å². The number of aromatic amines is 1. The van der Waals surface area contributed by atoms with Crippen molar-refractivity contribution in [3.8, 4) is 0 Å². The minimum absolute atomic E-state index is 0.372. The molecule has 1 saturated carbocycles. The van der Waals surface area contributed by atoms with Crippen LogP contribution in [0.5, 0.6) is 0 Å². The SMILES string of the molecule is Cc1[nH]ncc1C(=O)NC1(C(=O)O)CCC(C)CC1. The topological polar surface area (TPSA) is 95.1 Å². The number of aryl methyl sites for hydroxylation is 1. The molecule has 2 rings (SSSR count). The first kappa shape index (κ1) is 13.6. The smallest absolute Gasteiger partial charge is 0.329 e. The fraction of sp³-hybridized carbons (Fsp3) is 0.615. The van der Waals surface area contributed by atoms with Gasteiger partial charge in [-0.1, -0.05) is 6.92 Å². The normalized spacial score (nSPS) is 26.9. The monoisotopic (exact) mass is 265 g/mol. The van der Waals surface area contributed by atoms with E-state index in [9.17, 15) is 14.7 Å². The zero-order valence-corrected chi connectivity index (χ0v) is 11.2. The van der Waals surface area contributed by atoms with Gasteiger partial charge in [0.15, 0.2) is 0 Å². The third-order valence-corrected chi connectivity index (χ3v) is 3.96. The highest BCUT2D eigenvalue weighted by Gasteiger charge is 2.42. The Morgan fingerprint density at radius 2 is 2.11 bits per heavy atom. The summed E-state index contributed by atoms with van der Waals surface area (Å²) in [6.45, 7) is 3.84. The first-order valence-electron chi connectivity index (χ1n) is 6.50. The molecule has 0 unspecified atom stereocenters. The van der Waals surface area contributed by atoms with Crippen LogP contribution >= 0.6 is 0 Å². The minimum Gasteiger partial charge on any atom is -0.480 e. The number of nitrogens with zero attached hydrogens (tertiary/aromatic N) is 1. The van der Waals surface area contributed by atoms with Crippen molar-refractivity contribution in [1.82, 2.24) is 15.5 Å². The lowest BCUT2D eigenvalue weighted by molar-refractivity contribution is -0.146. The summed E-state index contributed by atoms with van der Waals surface area (Å²) < 4.78 is 0. The van der Waals surface area contributed by atoms with Gasteiger partial charge in [0.25, 0.3) is 5.91 Å². The van der Waals surface area contributed by atoms with Crippen LogP contribution in [0.1, 0.15) is 48.7 Å². The summed E-state index contributed by atoms with van der Waals surface area (Å²) in [5.41, 5.74) is -0.0886. The van der Waals surface area contributed by atoms with E-state index in [4.69, 9.17) is 0 Å². The van der Waals surface area contributed by atoms with Crippen LogP contribution in [-0.2, 0) is 4.79 Å². The van der Waals surface area contributed by atoms with Crippen molar-refractivity contribution < 1.29 is 14.7 Å². The highest BCUT2D eigenvalue weighted by molar-refractivity contribution is 5.98. The molecular weight excluding hydrogens is 246 g/mol. The van der Waals surface area contributed by atoms with Gasteiger partial charge < -0.3 is 10.4 Å². The molecule has 0 saturated heterocycles. The lowest BCUT2D eigenvalue weighted by atomic mass is 9.77. The number of amides is 1. The highest BCUT2D eigenvalue weighted by Crippen LogP contribution is 2.32. The number of rotatable bonds is 3. The van der Waals surface area contributed by atoms with Crippen molar-refractivity contribution in [3.05, 3.63) is 17.5 Å². The van der Waals surface area contributed by atoms with Gasteiger partial charge in [-0.25, -0.2) is 4.79 Å². The molecule has 1 heterocycles. The Hall–Kier alpha value is -1.85. The van der Waals surface area contributed by atoms with Gasteiger partial charge >= 0.3 is 5.97 Å². The fourth-order valence-corrected chi connectivity index (χ4v) is 2.51. The summed E-state index contributed by atoms with van der Waals surface area (Å²) in [5.74, 6) is -0.808. The van der Waals surface area contributed by atoms with Gasteiger partial charge in [0.2, 0.25) is 0 Å². The molecule has 0 radical (unpaired) electrons. The van der Waals surface area contributed by atoms with Gasteiger partial charge in [0, 0.05) is 5.69 Å². The predicted molar refractivity (Wildman–Crippen MR) is 68.8 cm³/mol. The molecule has 1 fully saturated rings. The Labute approximate surface area is 111 Å². The van der Waals surface area contributed by atoms with Crippen molar-refractivity contribution in [2.75, 3.05) is 0 Å². The molecule has 1 aliphatic carbocycles. The van der Waals surface area contributed by atoms with E-state index in [2.05, 4.69) is 22.4 Å². The lowest BCUT2D eigenvalue weighted by Crippen LogP contribution is -2.56. The van der Waals surface area contributed by atoms with Gasteiger partial charge in [-0.15, -0.1) is 0 Å². The standard InChI is InChI=1S/C13H19N3O3/c1-8-3-5-13(6-4-8,12(18)19)15-11(17)10-7-14-16-9(10)2/h7-8H,3-6H2,1-2H3,(H,14,16)(H,15,17)(H,18,19). The molecule has 104 valence electrons. The number of H-pyrrole nitrogens is 1. The second-order valence-corrected chi connectivity index (χ2v) is 5.43. The molecule has 0 aliphatic heterocycles. The maximum Gasteiger partial charge on any atom is 0.329 e. The van der Waals surface area contributed by atoms with Gasteiger partial charge in [-0.2, -0.15) is 5.10 Å². The van der Waals surface area contributed by atoms with Crippen molar-refractivity contribution in [1.29, 1.82) is 0 Å². The van der Waals surface area contributed by atoms with Crippen LogP contribution in [0.15, 0.2) is 6.20 Å². The van der Waals surface area contributed by atoms with Crippen LogP contribution in [0.4, 0.5) is 0 Å². The average molecular weight is 265 g/mol. The van der Waals surface area contributed by atoms with E-state index in [1.165, 1.54) is 6.20 Å². The van der Waals surface area contributed by atoms with Gasteiger partial charge in [-0.3, -0.25) is 9.89 Å². The number of carbonyl (C=O) groups excluding carboxylic acids is 1. The quantitative estimate of drug-likeness (QED) is 0.771. The van der Waals surface area contributed by atoms with Crippen LogP contribution in [0.2, 0.25) is 0 Å². The van der Waals surface area contributed by atoms with E-state index in [1.807, 2.05) is 0 Å². The van der Waals surface area contributed by atoms with E-state index in [0.717, 1.165) is 12.8 Å². The maximum atomic E-state index is 12.2. The van der Waals surface area contributed by atoms with Crippen molar-refractivity contribution >= 4 is 11.9 Å². The molecule has 0 bridgehead atoms.